The van der Waals surface area contributed by atoms with Crippen LogP contribution in [0, 0.1) is 11.3 Å². The molecule has 10 rings (SSSR count). The Balaban J connectivity index is 0.000000200. The number of ketones is 1. The largest absolute Gasteiger partial charge is 0.497 e. The number of halogens is 2. The van der Waals surface area contributed by atoms with Crippen molar-refractivity contribution in [1.82, 2.24) is 24.9 Å². The summed E-state index contributed by atoms with van der Waals surface area (Å²) in [6.07, 6.45) is 7.60. The number of hydrogen-bond acceptors (Lipinski definition) is 17. The van der Waals surface area contributed by atoms with Gasteiger partial charge in [0.15, 0.2) is 5.78 Å². The number of rotatable bonds is 19. The molecule has 0 aliphatic carbocycles. The zero-order chi connectivity index (χ0) is 58.7. The van der Waals surface area contributed by atoms with Crippen LogP contribution in [-0.4, -0.2) is 77.1 Å². The van der Waals surface area contributed by atoms with Crippen molar-refractivity contribution < 1.29 is 38.1 Å². The molecule has 5 aromatic carbocycles. The fourth-order valence-corrected chi connectivity index (χ4v) is 10.2. The first-order chi connectivity index (χ1) is 40.3. The Morgan fingerprint density at radius 1 is 0.699 bits per heavy atom. The number of thiazole rings is 1. The number of aromatic nitrogens is 5. The molecule has 3 N–H and O–H groups in total. The van der Waals surface area contributed by atoms with Gasteiger partial charge in [-0.3, -0.25) is 29.2 Å². The fraction of sp³-hybridized carbons (Fsp3) is 0.153. The van der Waals surface area contributed by atoms with Gasteiger partial charge in [0.05, 0.1) is 89.0 Å². The summed E-state index contributed by atoms with van der Waals surface area (Å²) >= 11 is 14.8. The predicted octanol–water partition coefficient (Wildman–Crippen LogP) is 11.8. The molecule has 2 aliphatic heterocycles. The van der Waals surface area contributed by atoms with Crippen LogP contribution in [0.3, 0.4) is 0 Å². The molecule has 420 valence electrons. The van der Waals surface area contributed by atoms with Crippen molar-refractivity contribution in [2.75, 3.05) is 64.0 Å². The molecule has 0 radical (unpaired) electrons. The van der Waals surface area contributed by atoms with Crippen molar-refractivity contribution in [2.45, 2.75) is 32.6 Å². The molecule has 2 aliphatic rings. The SMILES string of the molecule is C=CC(=O)Cc1ccccc1Nc1ncc2c(n1)N(Cc1nccs1)C(=O)N(c1c(Cl)c(OC)cc(OC)c1Cl)C2.C=CC(=O)Nc1ccccc1Nc1ncc2c(n1)N(Cc1cccc(C#N)c1)C(=O)N(c1cc(OC)cc(OC)c1)C2. The Bertz CT molecular complexity index is 3790. The summed E-state index contributed by atoms with van der Waals surface area (Å²) in [5.74, 6) is 2.51. The van der Waals surface area contributed by atoms with Gasteiger partial charge in [0.1, 0.15) is 49.7 Å². The lowest BCUT2D eigenvalue weighted by Gasteiger charge is -2.36. The van der Waals surface area contributed by atoms with E-state index in [2.05, 4.69) is 50.1 Å². The summed E-state index contributed by atoms with van der Waals surface area (Å²) in [7, 11) is 6.02. The highest BCUT2D eigenvalue weighted by Crippen LogP contribution is 2.48. The maximum absolute atomic E-state index is 14.1. The van der Waals surface area contributed by atoms with Crippen LogP contribution in [0.4, 0.5) is 61.6 Å². The number of fused-ring (bicyclic) bond motifs is 2. The maximum atomic E-state index is 14.1. The Kier molecular flexibility index (Phi) is 18.1. The third kappa shape index (κ3) is 12.9. The quantitative estimate of drug-likeness (QED) is 0.0637. The van der Waals surface area contributed by atoms with Crippen molar-refractivity contribution in [2.24, 2.45) is 0 Å². The van der Waals surface area contributed by atoms with Crippen molar-refractivity contribution >= 4 is 110 Å². The van der Waals surface area contributed by atoms with E-state index in [0.717, 1.165) is 11.1 Å². The smallest absolute Gasteiger partial charge is 0.330 e. The van der Waals surface area contributed by atoms with Gasteiger partial charge in [0.2, 0.25) is 17.8 Å². The van der Waals surface area contributed by atoms with E-state index in [1.165, 1.54) is 47.5 Å². The van der Waals surface area contributed by atoms with Gasteiger partial charge in [0.25, 0.3) is 0 Å². The number of carbonyl (C=O) groups excluding carboxylic acids is 4. The number of ether oxygens (including phenoxy) is 4. The van der Waals surface area contributed by atoms with Gasteiger partial charge in [-0.25, -0.2) is 24.5 Å². The molecule has 3 aromatic heterocycles. The van der Waals surface area contributed by atoms with Gasteiger partial charge in [0, 0.05) is 71.5 Å². The minimum atomic E-state index is -0.423. The second kappa shape index (κ2) is 26.0. The molecule has 21 nitrogen and oxygen atoms in total. The van der Waals surface area contributed by atoms with Gasteiger partial charge in [-0.1, -0.05) is 78.8 Å². The van der Waals surface area contributed by atoms with Crippen LogP contribution in [0.5, 0.6) is 23.0 Å². The summed E-state index contributed by atoms with van der Waals surface area (Å²) < 4.78 is 21.7. The van der Waals surface area contributed by atoms with Crippen LogP contribution in [-0.2, 0) is 42.2 Å². The van der Waals surface area contributed by atoms with Crippen molar-refractivity contribution in [3.8, 4) is 29.1 Å². The zero-order valence-electron chi connectivity index (χ0n) is 45.1. The van der Waals surface area contributed by atoms with Crippen LogP contribution in [0.1, 0.15) is 32.8 Å². The summed E-state index contributed by atoms with van der Waals surface area (Å²) in [6, 6.07) is 29.7. The summed E-state index contributed by atoms with van der Waals surface area (Å²) in [6.45, 7) is 7.64. The topological polar surface area (TPSA) is 242 Å². The van der Waals surface area contributed by atoms with Gasteiger partial charge in [-0.15, -0.1) is 11.3 Å². The molecule has 0 unspecified atom stereocenters. The highest BCUT2D eigenvalue weighted by molar-refractivity contribution is 7.09. The molecule has 0 fully saturated rings. The second-order valence-electron chi connectivity index (χ2n) is 18.1. The van der Waals surface area contributed by atoms with Crippen LogP contribution in [0.2, 0.25) is 10.0 Å². The number of urea groups is 2. The number of nitrogens with one attached hydrogen (secondary N) is 3. The molecule has 0 spiro atoms. The standard InChI is InChI=1S/C31H27N7O4.C28H24Cl2N6O4S/c1-4-28(39)34-26-10-5-6-11-27(26)35-30-33-17-22-19-37(23-13-24(41-2)15-25(14-23)42-3)31(40)38(29(22)36-30)18-21-9-7-8-20(12-21)16-32;1-4-18(37)11-16-7-5-6-8-19(16)33-27-32-13-17-14-35(25-23(29)20(39-2)12-21(40-3)24(25)30)28(38)36(26(17)34-27)15-22-31-9-10-41-22/h4-15,17H,1,18-19H2,2-3H3,(H,34,39)(H,33,35,36);4-10,12-13H,1,11,14-15H2,2-3H3,(H,32,33,34). The Morgan fingerprint density at radius 3 is 1.88 bits per heavy atom. The van der Waals surface area contributed by atoms with Gasteiger partial charge in [-0.05, 0) is 53.6 Å². The number of methoxy groups -OCH3 is 4. The highest BCUT2D eigenvalue weighted by atomic mass is 35.5. The van der Waals surface area contributed by atoms with Gasteiger partial charge in [-0.2, -0.15) is 15.2 Å². The number of nitrogens with zero attached hydrogens (tertiary/aromatic N) is 10. The number of nitriles is 1. The van der Waals surface area contributed by atoms with E-state index in [-0.39, 0.29) is 78.0 Å². The maximum Gasteiger partial charge on any atom is 0.330 e. The molecule has 5 heterocycles. The first-order valence-electron chi connectivity index (χ1n) is 25.2. The van der Waals surface area contributed by atoms with Gasteiger partial charge >= 0.3 is 12.1 Å². The average Bonchev–Trinajstić information content (AvgIpc) is 3.09. The Labute approximate surface area is 491 Å². The lowest BCUT2D eigenvalue weighted by molar-refractivity contribution is -0.114. The minimum Gasteiger partial charge on any atom is -0.497 e. The molecule has 8 aromatic rings. The monoisotopic (exact) mass is 1170 g/mol. The van der Waals surface area contributed by atoms with Crippen LogP contribution in [0.25, 0.3) is 0 Å². The Hall–Kier alpha value is -10.1. The molecular formula is C59H51Cl2N13O8S. The number of hydrogen-bond donors (Lipinski definition) is 3. The molecule has 24 heteroatoms. The fourth-order valence-electron chi connectivity index (χ4n) is 8.84. The van der Waals surface area contributed by atoms with E-state index >= 15 is 0 Å². The normalized spacial score (nSPS) is 12.4. The number of allylic oxidation sites excluding steroid dienone is 1. The summed E-state index contributed by atoms with van der Waals surface area (Å²) in [5, 5.41) is 21.4. The Morgan fingerprint density at radius 2 is 1.29 bits per heavy atom. The van der Waals surface area contributed by atoms with Crippen molar-refractivity contribution in [1.29, 1.82) is 5.26 Å². The van der Waals surface area contributed by atoms with E-state index in [4.69, 9.17) is 52.1 Å². The molecule has 83 heavy (non-hydrogen) atoms. The van der Waals surface area contributed by atoms with Crippen LogP contribution >= 0.6 is 34.5 Å². The van der Waals surface area contributed by atoms with Crippen LogP contribution < -0.4 is 54.5 Å². The molecule has 0 saturated heterocycles. The number of amides is 5. The minimum absolute atomic E-state index is 0.0863. The molecule has 0 saturated carbocycles. The van der Waals surface area contributed by atoms with E-state index in [1.807, 2.05) is 41.8 Å². The van der Waals surface area contributed by atoms with E-state index in [9.17, 15) is 24.4 Å². The van der Waals surface area contributed by atoms with E-state index in [1.54, 1.807) is 103 Å². The van der Waals surface area contributed by atoms with Crippen LogP contribution in [0.15, 0.2) is 146 Å². The summed E-state index contributed by atoms with van der Waals surface area (Å²) in [5.41, 5.74) is 5.91. The number of benzene rings is 5. The first-order valence-corrected chi connectivity index (χ1v) is 26.8. The highest BCUT2D eigenvalue weighted by Gasteiger charge is 2.38. The summed E-state index contributed by atoms with van der Waals surface area (Å²) in [4.78, 5) is 81.0. The number of para-hydroxylation sites is 3. The van der Waals surface area contributed by atoms with Crippen molar-refractivity contribution in [3.63, 3.8) is 0 Å². The lowest BCUT2D eigenvalue weighted by Crippen LogP contribution is -2.47. The first kappa shape index (κ1) is 57.6. The number of anilines is 9. The van der Waals surface area contributed by atoms with Crippen molar-refractivity contribution in [3.05, 3.63) is 189 Å². The lowest BCUT2D eigenvalue weighted by atomic mass is 10.1. The molecular weight excluding hydrogens is 1120 g/mol. The predicted molar refractivity (Wildman–Crippen MR) is 319 cm³/mol. The number of carbonyl (C=O) groups is 4. The average molecular weight is 1170 g/mol. The third-order valence-electron chi connectivity index (χ3n) is 12.9. The van der Waals surface area contributed by atoms with E-state index in [0.29, 0.717) is 79.1 Å². The second-order valence-corrected chi connectivity index (χ2v) is 19.8. The molecule has 0 bridgehead atoms. The third-order valence-corrected chi connectivity index (χ3v) is 14.4. The van der Waals surface area contributed by atoms with Gasteiger partial charge < -0.3 is 34.9 Å². The van der Waals surface area contributed by atoms with E-state index < -0.39 is 6.03 Å². The molecule has 5 amide bonds. The zero-order valence-corrected chi connectivity index (χ0v) is 47.4. The molecule has 0 atom stereocenters.